The molecule has 2 aromatic rings. The van der Waals surface area contributed by atoms with E-state index in [4.69, 9.17) is 4.74 Å². The molecule has 0 bridgehead atoms. The Hall–Kier alpha value is -1.87. The van der Waals surface area contributed by atoms with E-state index in [0.717, 1.165) is 23.3 Å². The van der Waals surface area contributed by atoms with Crippen LogP contribution in [0.3, 0.4) is 0 Å². The number of rotatable bonds is 6. The second-order valence-electron chi connectivity index (χ2n) is 5.12. The summed E-state index contributed by atoms with van der Waals surface area (Å²) in [6, 6.07) is 13.2. The fourth-order valence-electron chi connectivity index (χ4n) is 2.48. The summed E-state index contributed by atoms with van der Waals surface area (Å²) in [5.41, 5.74) is 3.31. The van der Waals surface area contributed by atoms with Gasteiger partial charge >= 0.3 is 0 Å². The van der Waals surface area contributed by atoms with Crippen LogP contribution in [0.4, 0.5) is 4.39 Å². The minimum atomic E-state index is -0.185. The van der Waals surface area contributed by atoms with Crippen LogP contribution in [-0.2, 0) is 6.42 Å². The maximum atomic E-state index is 13.2. The van der Waals surface area contributed by atoms with Gasteiger partial charge in [0.05, 0.1) is 6.61 Å². The van der Waals surface area contributed by atoms with Crippen LogP contribution >= 0.6 is 0 Å². The minimum Gasteiger partial charge on any atom is -0.494 e. The molecule has 2 rings (SSSR count). The van der Waals surface area contributed by atoms with Crippen LogP contribution in [0.2, 0.25) is 0 Å². The maximum Gasteiger partial charge on any atom is 0.123 e. The Morgan fingerprint density at radius 3 is 2.67 bits per heavy atom. The normalized spacial score (nSPS) is 12.2. The summed E-state index contributed by atoms with van der Waals surface area (Å²) in [5.74, 6) is 0.696. The number of nitrogens with one attached hydrogen (secondary N) is 1. The van der Waals surface area contributed by atoms with Crippen molar-refractivity contribution in [2.45, 2.75) is 26.3 Å². The lowest BCUT2D eigenvalue weighted by Crippen LogP contribution is -2.19. The van der Waals surface area contributed by atoms with E-state index < -0.39 is 0 Å². The molecule has 0 spiro atoms. The van der Waals surface area contributed by atoms with Gasteiger partial charge in [-0.25, -0.2) is 4.39 Å². The molecular formula is C18H22FNO. The van der Waals surface area contributed by atoms with Crippen molar-refractivity contribution in [2.24, 2.45) is 0 Å². The first kappa shape index (κ1) is 15.5. The summed E-state index contributed by atoms with van der Waals surface area (Å²) >= 11 is 0. The van der Waals surface area contributed by atoms with Gasteiger partial charge in [-0.05, 0) is 68.3 Å². The van der Waals surface area contributed by atoms with Crippen LogP contribution in [0, 0.1) is 12.7 Å². The highest BCUT2D eigenvalue weighted by Gasteiger charge is 2.12. The van der Waals surface area contributed by atoms with Crippen LogP contribution in [0.25, 0.3) is 0 Å². The van der Waals surface area contributed by atoms with Crippen molar-refractivity contribution in [3.63, 3.8) is 0 Å². The van der Waals surface area contributed by atoms with Crippen molar-refractivity contribution in [3.8, 4) is 5.75 Å². The average Bonchev–Trinajstić information content (AvgIpc) is 2.47. The summed E-state index contributed by atoms with van der Waals surface area (Å²) in [6.45, 7) is 4.58. The molecule has 2 aromatic carbocycles. The Balaban J connectivity index is 2.21. The van der Waals surface area contributed by atoms with Crippen molar-refractivity contribution >= 4 is 0 Å². The molecule has 112 valence electrons. The van der Waals surface area contributed by atoms with Gasteiger partial charge in [0.2, 0.25) is 0 Å². The first-order valence-electron chi connectivity index (χ1n) is 7.29. The maximum absolute atomic E-state index is 13.2. The van der Waals surface area contributed by atoms with Crippen LogP contribution in [0.15, 0.2) is 42.5 Å². The van der Waals surface area contributed by atoms with Gasteiger partial charge < -0.3 is 10.1 Å². The molecule has 0 heterocycles. The molecule has 0 saturated heterocycles. The highest BCUT2D eigenvalue weighted by molar-refractivity contribution is 5.33. The molecular weight excluding hydrogens is 265 g/mol. The monoisotopic (exact) mass is 287 g/mol. The van der Waals surface area contributed by atoms with Crippen LogP contribution in [0.1, 0.15) is 29.7 Å². The van der Waals surface area contributed by atoms with E-state index in [9.17, 15) is 4.39 Å². The second-order valence-corrected chi connectivity index (χ2v) is 5.12. The number of hydrogen-bond donors (Lipinski definition) is 1. The highest BCUT2D eigenvalue weighted by atomic mass is 19.1. The highest BCUT2D eigenvalue weighted by Crippen LogP contribution is 2.24. The fourth-order valence-corrected chi connectivity index (χ4v) is 2.48. The summed E-state index contributed by atoms with van der Waals surface area (Å²) in [6.07, 6.45) is 0.818. The molecule has 21 heavy (non-hydrogen) atoms. The first-order chi connectivity index (χ1) is 10.1. The molecule has 2 nitrogen and oxygen atoms in total. The lowest BCUT2D eigenvalue weighted by atomic mass is 9.96. The van der Waals surface area contributed by atoms with Gasteiger partial charge in [-0.1, -0.05) is 18.2 Å². The number of benzene rings is 2. The lowest BCUT2D eigenvalue weighted by molar-refractivity contribution is 0.339. The number of ether oxygens (including phenoxy) is 1. The van der Waals surface area contributed by atoms with Crippen molar-refractivity contribution < 1.29 is 9.13 Å². The average molecular weight is 287 g/mol. The zero-order valence-electron chi connectivity index (χ0n) is 12.8. The van der Waals surface area contributed by atoms with Gasteiger partial charge in [-0.2, -0.15) is 0 Å². The summed E-state index contributed by atoms with van der Waals surface area (Å²) in [7, 11) is 1.94. The predicted molar refractivity (Wildman–Crippen MR) is 84.3 cm³/mol. The Morgan fingerprint density at radius 1 is 1.19 bits per heavy atom. The molecule has 0 fully saturated rings. The van der Waals surface area contributed by atoms with Gasteiger partial charge in [0, 0.05) is 6.04 Å². The number of halogens is 1. The Labute approximate surface area is 126 Å². The molecule has 0 aliphatic carbocycles. The molecule has 0 aliphatic rings. The van der Waals surface area contributed by atoms with E-state index in [0.29, 0.717) is 6.61 Å². The number of likely N-dealkylation sites (N-methyl/N-ethyl adjacent to an activating group) is 1. The third-order valence-electron chi connectivity index (χ3n) is 3.65. The quantitative estimate of drug-likeness (QED) is 0.866. The minimum absolute atomic E-state index is 0.176. The third kappa shape index (κ3) is 4.05. The summed E-state index contributed by atoms with van der Waals surface area (Å²) < 4.78 is 18.7. The zero-order valence-corrected chi connectivity index (χ0v) is 12.8. The van der Waals surface area contributed by atoms with Crippen LogP contribution in [0.5, 0.6) is 5.75 Å². The van der Waals surface area contributed by atoms with E-state index in [1.807, 2.05) is 39.1 Å². The second kappa shape index (κ2) is 7.23. The van der Waals surface area contributed by atoms with E-state index in [-0.39, 0.29) is 11.9 Å². The van der Waals surface area contributed by atoms with Gasteiger partial charge in [-0.15, -0.1) is 0 Å². The number of hydrogen-bond acceptors (Lipinski definition) is 2. The molecule has 0 aromatic heterocycles. The van der Waals surface area contributed by atoms with Crippen molar-refractivity contribution in [1.29, 1.82) is 0 Å². The van der Waals surface area contributed by atoms with E-state index in [1.54, 1.807) is 6.07 Å². The largest absolute Gasteiger partial charge is 0.494 e. The smallest absolute Gasteiger partial charge is 0.123 e. The van der Waals surface area contributed by atoms with Gasteiger partial charge in [-0.3, -0.25) is 0 Å². The molecule has 0 amide bonds. The Kier molecular flexibility index (Phi) is 5.34. The van der Waals surface area contributed by atoms with Crippen LogP contribution < -0.4 is 10.1 Å². The summed E-state index contributed by atoms with van der Waals surface area (Å²) in [5, 5.41) is 3.33. The molecule has 1 unspecified atom stereocenters. The molecule has 1 atom stereocenters. The van der Waals surface area contributed by atoms with Gasteiger partial charge in [0.1, 0.15) is 11.6 Å². The number of aryl methyl sites for hydroxylation is 1. The van der Waals surface area contributed by atoms with Crippen LogP contribution in [-0.4, -0.2) is 13.7 Å². The third-order valence-corrected chi connectivity index (χ3v) is 3.65. The van der Waals surface area contributed by atoms with Crippen molar-refractivity contribution in [1.82, 2.24) is 5.32 Å². The van der Waals surface area contributed by atoms with E-state index in [2.05, 4.69) is 17.4 Å². The summed E-state index contributed by atoms with van der Waals surface area (Å²) in [4.78, 5) is 0. The topological polar surface area (TPSA) is 21.3 Å². The molecule has 0 aliphatic heterocycles. The van der Waals surface area contributed by atoms with E-state index in [1.165, 1.54) is 11.6 Å². The van der Waals surface area contributed by atoms with Gasteiger partial charge in [0.15, 0.2) is 0 Å². The molecule has 3 heteroatoms. The van der Waals surface area contributed by atoms with Gasteiger partial charge in [0.25, 0.3) is 0 Å². The van der Waals surface area contributed by atoms with Crippen molar-refractivity contribution in [2.75, 3.05) is 13.7 Å². The van der Waals surface area contributed by atoms with E-state index >= 15 is 0 Å². The lowest BCUT2D eigenvalue weighted by Gasteiger charge is -2.19. The first-order valence-corrected chi connectivity index (χ1v) is 7.29. The molecule has 0 radical (unpaired) electrons. The SMILES string of the molecule is CCOc1cccc(C(Cc2ccc(F)cc2C)NC)c1. The fraction of sp³-hybridized carbons (Fsp3) is 0.333. The van der Waals surface area contributed by atoms with Crippen molar-refractivity contribution in [3.05, 3.63) is 65.0 Å². The molecule has 1 N–H and O–H groups in total. The molecule has 0 saturated carbocycles. The standard InChI is InChI=1S/C18H22FNO/c1-4-21-17-7-5-6-15(11-17)18(20-3)12-14-8-9-16(19)10-13(14)2/h5-11,18,20H,4,12H2,1-3H3. The Bertz CT molecular complexity index is 598. The predicted octanol–water partition coefficient (Wildman–Crippen LogP) is 4.04. The zero-order chi connectivity index (χ0) is 15.2. The Morgan fingerprint density at radius 2 is 2.00 bits per heavy atom.